The Hall–Kier alpha value is -4.66. The molecule has 1 aliphatic rings. The molecule has 0 spiro atoms. The molecule has 6 rings (SSSR count). The lowest BCUT2D eigenvalue weighted by molar-refractivity contribution is 0.102. The summed E-state index contributed by atoms with van der Waals surface area (Å²) < 4.78 is 16.6. The first-order chi connectivity index (χ1) is 16.6. The third-order valence-electron chi connectivity index (χ3n) is 5.64. The van der Waals surface area contributed by atoms with Gasteiger partial charge in [-0.05, 0) is 61.0 Å². The number of carbonyl (C=O) groups is 1. The Labute approximate surface area is 193 Å². The number of H-pyrrole nitrogens is 1. The second kappa shape index (κ2) is 8.04. The van der Waals surface area contributed by atoms with Crippen LogP contribution in [0, 0.1) is 6.92 Å². The van der Waals surface area contributed by atoms with Gasteiger partial charge in [-0.25, -0.2) is 4.98 Å². The van der Waals surface area contributed by atoms with E-state index in [2.05, 4.69) is 25.4 Å². The second-order valence-electron chi connectivity index (χ2n) is 7.90. The number of hydrogen-bond donors (Lipinski definition) is 2. The number of benzene rings is 3. The quantitative estimate of drug-likeness (QED) is 0.408. The molecule has 1 amide bonds. The predicted molar refractivity (Wildman–Crippen MR) is 125 cm³/mol. The Kier molecular flexibility index (Phi) is 4.72. The molecule has 0 aliphatic carbocycles. The van der Waals surface area contributed by atoms with Crippen molar-refractivity contribution in [1.29, 1.82) is 0 Å². The number of ether oxygens (including phenoxy) is 2. The van der Waals surface area contributed by atoms with Gasteiger partial charge in [0.2, 0.25) is 5.82 Å². The maximum Gasteiger partial charge on any atom is 0.258 e. The standard InChI is InChI=1S/C25H19N5O4/c1-14-2-3-17(25-29-23(30-34-25)15-4-6-18-20(10-15)27-13-26-18)11-19(14)28-24(31)16-5-7-21-22(12-16)33-9-8-32-21/h2-7,10-13H,8-9H2,1H3,(H,26,27)(H,28,31). The molecule has 1 aliphatic heterocycles. The summed E-state index contributed by atoms with van der Waals surface area (Å²) in [6.07, 6.45) is 1.64. The second-order valence-corrected chi connectivity index (χ2v) is 7.90. The zero-order valence-electron chi connectivity index (χ0n) is 18.2. The van der Waals surface area contributed by atoms with Gasteiger partial charge in [-0.3, -0.25) is 4.79 Å². The summed E-state index contributed by atoms with van der Waals surface area (Å²) in [5.74, 6) is 1.77. The number of imidazole rings is 1. The van der Waals surface area contributed by atoms with Gasteiger partial charge in [0.15, 0.2) is 11.5 Å². The molecular formula is C25H19N5O4. The van der Waals surface area contributed by atoms with E-state index in [-0.39, 0.29) is 5.91 Å². The van der Waals surface area contributed by atoms with Crippen LogP contribution in [-0.4, -0.2) is 39.2 Å². The molecule has 2 N–H and O–H groups in total. The van der Waals surface area contributed by atoms with Gasteiger partial charge >= 0.3 is 0 Å². The van der Waals surface area contributed by atoms with Gasteiger partial charge in [0.25, 0.3) is 11.8 Å². The molecule has 0 radical (unpaired) electrons. The Morgan fingerprint density at radius 3 is 2.74 bits per heavy atom. The Bertz CT molecular complexity index is 1540. The first-order valence-electron chi connectivity index (χ1n) is 10.7. The van der Waals surface area contributed by atoms with E-state index in [1.807, 2.05) is 43.3 Å². The topological polar surface area (TPSA) is 115 Å². The molecule has 168 valence electrons. The summed E-state index contributed by atoms with van der Waals surface area (Å²) in [5.41, 5.74) is 5.29. The molecule has 0 fully saturated rings. The van der Waals surface area contributed by atoms with Gasteiger partial charge in [-0.2, -0.15) is 4.98 Å². The molecule has 0 saturated heterocycles. The third-order valence-corrected chi connectivity index (χ3v) is 5.64. The van der Waals surface area contributed by atoms with Crippen molar-refractivity contribution in [3.63, 3.8) is 0 Å². The number of amides is 1. The highest BCUT2D eigenvalue weighted by atomic mass is 16.6. The van der Waals surface area contributed by atoms with Crippen LogP contribution in [0.1, 0.15) is 15.9 Å². The summed E-state index contributed by atoms with van der Waals surface area (Å²) in [5, 5.41) is 7.08. The smallest absolute Gasteiger partial charge is 0.258 e. The zero-order valence-corrected chi connectivity index (χ0v) is 18.2. The minimum absolute atomic E-state index is 0.253. The van der Waals surface area contributed by atoms with Crippen molar-refractivity contribution in [2.24, 2.45) is 0 Å². The molecule has 9 nitrogen and oxygen atoms in total. The summed E-state index contributed by atoms with van der Waals surface area (Å²) in [6.45, 7) is 2.88. The van der Waals surface area contributed by atoms with E-state index in [9.17, 15) is 4.79 Å². The van der Waals surface area contributed by atoms with Gasteiger partial charge in [-0.1, -0.05) is 11.2 Å². The van der Waals surface area contributed by atoms with Crippen LogP contribution >= 0.6 is 0 Å². The van der Waals surface area contributed by atoms with Crippen LogP contribution in [0.2, 0.25) is 0 Å². The highest BCUT2D eigenvalue weighted by molar-refractivity contribution is 6.05. The van der Waals surface area contributed by atoms with Crippen molar-refractivity contribution in [3.05, 3.63) is 72.1 Å². The molecule has 34 heavy (non-hydrogen) atoms. The number of rotatable bonds is 4. The fraction of sp³-hybridized carbons (Fsp3) is 0.120. The lowest BCUT2D eigenvalue weighted by atomic mass is 10.1. The Balaban J connectivity index is 1.26. The fourth-order valence-electron chi connectivity index (χ4n) is 3.80. The van der Waals surface area contributed by atoms with E-state index in [0.717, 1.165) is 22.2 Å². The van der Waals surface area contributed by atoms with Crippen LogP contribution < -0.4 is 14.8 Å². The van der Waals surface area contributed by atoms with Gasteiger partial charge in [-0.15, -0.1) is 0 Å². The van der Waals surface area contributed by atoms with Gasteiger partial charge < -0.3 is 24.3 Å². The van der Waals surface area contributed by atoms with Gasteiger partial charge in [0.05, 0.1) is 17.4 Å². The van der Waals surface area contributed by atoms with Crippen molar-refractivity contribution < 1.29 is 18.8 Å². The minimum atomic E-state index is -0.253. The third kappa shape index (κ3) is 3.62. The number of anilines is 1. The summed E-state index contributed by atoms with van der Waals surface area (Å²) >= 11 is 0. The summed E-state index contributed by atoms with van der Waals surface area (Å²) in [6, 6.07) is 16.5. The van der Waals surface area contributed by atoms with Crippen molar-refractivity contribution in [2.75, 3.05) is 18.5 Å². The maximum atomic E-state index is 12.9. The van der Waals surface area contributed by atoms with E-state index in [0.29, 0.717) is 53.2 Å². The first-order valence-corrected chi connectivity index (χ1v) is 10.7. The van der Waals surface area contributed by atoms with E-state index in [1.54, 1.807) is 24.5 Å². The van der Waals surface area contributed by atoms with Crippen LogP contribution in [0.5, 0.6) is 11.5 Å². The summed E-state index contributed by atoms with van der Waals surface area (Å²) in [7, 11) is 0. The number of hydrogen-bond acceptors (Lipinski definition) is 7. The average molecular weight is 453 g/mol. The van der Waals surface area contributed by atoms with Crippen molar-refractivity contribution in [1.82, 2.24) is 20.1 Å². The van der Waals surface area contributed by atoms with E-state index < -0.39 is 0 Å². The van der Waals surface area contributed by atoms with E-state index in [1.165, 1.54) is 0 Å². The Morgan fingerprint density at radius 2 is 1.82 bits per heavy atom. The monoisotopic (exact) mass is 453 g/mol. The number of fused-ring (bicyclic) bond motifs is 2. The number of aromatic amines is 1. The van der Waals surface area contributed by atoms with Crippen molar-refractivity contribution in [2.45, 2.75) is 6.92 Å². The number of aryl methyl sites for hydroxylation is 1. The van der Waals surface area contributed by atoms with Crippen LogP contribution in [0.3, 0.4) is 0 Å². The average Bonchev–Trinajstić information content (AvgIpc) is 3.54. The van der Waals surface area contributed by atoms with Gasteiger partial charge in [0, 0.05) is 22.4 Å². The lowest BCUT2D eigenvalue weighted by Crippen LogP contribution is -2.17. The Morgan fingerprint density at radius 1 is 0.971 bits per heavy atom. The number of nitrogens with zero attached hydrogens (tertiary/aromatic N) is 3. The molecule has 0 atom stereocenters. The largest absolute Gasteiger partial charge is 0.486 e. The SMILES string of the molecule is Cc1ccc(-c2nc(-c3ccc4nc[nH]c4c3)no2)cc1NC(=O)c1ccc2c(c1)OCCO2. The lowest BCUT2D eigenvalue weighted by Gasteiger charge is -2.18. The highest BCUT2D eigenvalue weighted by Gasteiger charge is 2.17. The first kappa shape index (κ1) is 20.0. The van der Waals surface area contributed by atoms with E-state index >= 15 is 0 Å². The normalized spacial score (nSPS) is 12.6. The fourth-order valence-corrected chi connectivity index (χ4v) is 3.80. The van der Waals surface area contributed by atoms with Gasteiger partial charge in [0.1, 0.15) is 13.2 Å². The molecule has 3 heterocycles. The van der Waals surface area contributed by atoms with Crippen LogP contribution in [0.4, 0.5) is 5.69 Å². The number of aromatic nitrogens is 4. The summed E-state index contributed by atoms with van der Waals surface area (Å²) in [4.78, 5) is 24.8. The molecule has 0 saturated carbocycles. The van der Waals surface area contributed by atoms with Crippen LogP contribution in [0.15, 0.2) is 65.4 Å². The predicted octanol–water partition coefficient (Wildman–Crippen LogP) is 4.61. The highest BCUT2D eigenvalue weighted by Crippen LogP contribution is 2.32. The molecule has 5 aromatic rings. The molecular weight excluding hydrogens is 434 g/mol. The number of carbonyl (C=O) groups excluding carboxylic acids is 1. The zero-order chi connectivity index (χ0) is 23.1. The number of nitrogens with one attached hydrogen (secondary N) is 2. The molecule has 9 heteroatoms. The minimum Gasteiger partial charge on any atom is -0.486 e. The molecule has 0 bridgehead atoms. The maximum absolute atomic E-state index is 12.9. The van der Waals surface area contributed by atoms with Crippen LogP contribution in [-0.2, 0) is 0 Å². The van der Waals surface area contributed by atoms with E-state index in [4.69, 9.17) is 14.0 Å². The van der Waals surface area contributed by atoms with Crippen molar-refractivity contribution in [3.8, 4) is 34.3 Å². The van der Waals surface area contributed by atoms with Crippen LogP contribution in [0.25, 0.3) is 33.9 Å². The molecule has 3 aromatic carbocycles. The molecule has 0 unspecified atom stereocenters. The van der Waals surface area contributed by atoms with Crippen molar-refractivity contribution >= 4 is 22.6 Å². The molecule has 2 aromatic heterocycles.